The summed E-state index contributed by atoms with van der Waals surface area (Å²) in [6.07, 6.45) is 0. The molecule has 0 heterocycles. The van der Waals surface area contributed by atoms with Crippen LogP contribution >= 0.6 is 0 Å². The molecule has 0 aromatic heterocycles. The molecular formula is C14H22N2O3. The molecule has 1 rings (SSSR count). The van der Waals surface area contributed by atoms with Crippen LogP contribution in [0, 0.1) is 6.92 Å². The monoisotopic (exact) mass is 266 g/mol. The highest BCUT2D eigenvalue weighted by Crippen LogP contribution is 2.17. The Morgan fingerprint density at radius 2 is 2.05 bits per heavy atom. The van der Waals surface area contributed by atoms with Crippen molar-refractivity contribution in [2.75, 3.05) is 27.2 Å². The number of aliphatic hydroxyl groups is 1. The molecule has 0 fully saturated rings. The van der Waals surface area contributed by atoms with Crippen LogP contribution in [0.15, 0.2) is 18.2 Å². The Hall–Kier alpha value is -1.59. The molecule has 0 saturated carbocycles. The molecule has 0 spiro atoms. The normalized spacial score (nSPS) is 14.2. The van der Waals surface area contributed by atoms with Crippen LogP contribution in [0.4, 0.5) is 0 Å². The molecule has 1 amide bonds. The number of phenolic OH excluding ortho intramolecular Hbond substituents is 1. The highest BCUT2D eigenvalue weighted by Gasteiger charge is 2.22. The fraction of sp³-hybridized carbons (Fsp3) is 0.500. The van der Waals surface area contributed by atoms with Gasteiger partial charge in [-0.15, -0.1) is 0 Å². The van der Waals surface area contributed by atoms with Gasteiger partial charge in [0.15, 0.2) is 0 Å². The Bertz CT molecular complexity index is 456. The van der Waals surface area contributed by atoms with Gasteiger partial charge in [0, 0.05) is 18.7 Å². The van der Waals surface area contributed by atoms with Crippen molar-refractivity contribution in [3.8, 4) is 5.75 Å². The minimum atomic E-state index is -0.994. The molecule has 1 atom stereocenters. The van der Waals surface area contributed by atoms with Gasteiger partial charge in [-0.05, 0) is 45.6 Å². The maximum Gasteiger partial charge on any atom is 0.251 e. The van der Waals surface area contributed by atoms with E-state index in [1.807, 2.05) is 19.0 Å². The first-order valence-corrected chi connectivity index (χ1v) is 6.16. The van der Waals surface area contributed by atoms with Crippen molar-refractivity contribution in [2.45, 2.75) is 19.4 Å². The lowest BCUT2D eigenvalue weighted by Crippen LogP contribution is -2.47. The first-order valence-electron chi connectivity index (χ1n) is 6.16. The first kappa shape index (κ1) is 15.5. The number of aromatic hydroxyl groups is 1. The summed E-state index contributed by atoms with van der Waals surface area (Å²) in [5.41, 5.74) is 0.103. The largest absolute Gasteiger partial charge is 0.508 e. The van der Waals surface area contributed by atoms with Crippen molar-refractivity contribution < 1.29 is 15.0 Å². The predicted octanol–water partition coefficient (Wildman–Crippen LogP) is 0.743. The Kier molecular flexibility index (Phi) is 4.91. The number of carbonyl (C=O) groups excluding carboxylic acids is 1. The third-order valence-electron chi connectivity index (χ3n) is 2.76. The number of phenols is 1. The van der Waals surface area contributed by atoms with E-state index < -0.39 is 5.60 Å². The summed E-state index contributed by atoms with van der Waals surface area (Å²) in [4.78, 5) is 13.7. The zero-order chi connectivity index (χ0) is 14.6. The van der Waals surface area contributed by atoms with E-state index in [-0.39, 0.29) is 18.2 Å². The average molecular weight is 266 g/mol. The molecule has 1 aromatic carbocycles. The van der Waals surface area contributed by atoms with E-state index in [1.165, 1.54) is 6.07 Å². The van der Waals surface area contributed by atoms with E-state index >= 15 is 0 Å². The van der Waals surface area contributed by atoms with Crippen LogP contribution in [0.5, 0.6) is 5.75 Å². The second-order valence-corrected chi connectivity index (χ2v) is 5.42. The second-order valence-electron chi connectivity index (χ2n) is 5.42. The Morgan fingerprint density at radius 3 is 2.58 bits per heavy atom. The molecular weight excluding hydrogens is 244 g/mol. The van der Waals surface area contributed by atoms with E-state index in [4.69, 9.17) is 0 Å². The molecule has 3 N–H and O–H groups in total. The summed E-state index contributed by atoms with van der Waals surface area (Å²) in [7, 11) is 3.71. The number of nitrogens with one attached hydrogen (secondary N) is 1. The van der Waals surface area contributed by atoms with E-state index in [0.29, 0.717) is 12.1 Å². The Morgan fingerprint density at radius 1 is 1.42 bits per heavy atom. The number of rotatable bonds is 5. The van der Waals surface area contributed by atoms with Crippen LogP contribution in [0.3, 0.4) is 0 Å². The van der Waals surface area contributed by atoms with Gasteiger partial charge in [-0.25, -0.2) is 0 Å². The Balaban J connectivity index is 2.62. The van der Waals surface area contributed by atoms with Gasteiger partial charge in [0.1, 0.15) is 5.75 Å². The first-order chi connectivity index (χ1) is 8.71. The van der Waals surface area contributed by atoms with Gasteiger partial charge in [0.2, 0.25) is 0 Å². The third-order valence-corrected chi connectivity index (χ3v) is 2.76. The molecule has 0 saturated heterocycles. The van der Waals surface area contributed by atoms with Gasteiger partial charge < -0.3 is 20.4 Å². The number of carbonyl (C=O) groups is 1. The maximum absolute atomic E-state index is 11.9. The molecule has 0 radical (unpaired) electrons. The number of hydrogen-bond acceptors (Lipinski definition) is 4. The summed E-state index contributed by atoms with van der Waals surface area (Å²) >= 11 is 0. The van der Waals surface area contributed by atoms with Crippen molar-refractivity contribution in [3.63, 3.8) is 0 Å². The molecule has 0 aliphatic heterocycles. The fourth-order valence-electron chi connectivity index (χ4n) is 1.86. The standard InChI is InChI=1S/C14H22N2O3/c1-10-5-6-11(7-12(10)17)13(18)15-8-14(2,19)9-16(3)4/h5-7,17,19H,8-9H2,1-4H3,(H,15,18). The zero-order valence-electron chi connectivity index (χ0n) is 11.9. The fourth-order valence-corrected chi connectivity index (χ4v) is 1.86. The van der Waals surface area contributed by atoms with Crippen molar-refractivity contribution in [1.29, 1.82) is 0 Å². The molecule has 1 aromatic rings. The number of aryl methyl sites for hydroxylation is 1. The minimum Gasteiger partial charge on any atom is -0.508 e. The van der Waals surface area contributed by atoms with Gasteiger partial charge in [-0.3, -0.25) is 4.79 Å². The quantitative estimate of drug-likeness (QED) is 0.735. The summed E-state index contributed by atoms with van der Waals surface area (Å²) in [5, 5.41) is 22.3. The maximum atomic E-state index is 11.9. The van der Waals surface area contributed by atoms with Gasteiger partial charge in [0.25, 0.3) is 5.91 Å². The van der Waals surface area contributed by atoms with E-state index in [9.17, 15) is 15.0 Å². The van der Waals surface area contributed by atoms with E-state index in [2.05, 4.69) is 5.32 Å². The van der Waals surface area contributed by atoms with Gasteiger partial charge in [-0.1, -0.05) is 6.07 Å². The SMILES string of the molecule is Cc1ccc(C(=O)NCC(C)(O)CN(C)C)cc1O. The molecule has 1 unspecified atom stereocenters. The van der Waals surface area contributed by atoms with Gasteiger partial charge in [-0.2, -0.15) is 0 Å². The molecule has 0 bridgehead atoms. The van der Waals surface area contributed by atoms with Crippen LogP contribution in [0.25, 0.3) is 0 Å². The highest BCUT2D eigenvalue weighted by molar-refractivity contribution is 5.94. The summed E-state index contributed by atoms with van der Waals surface area (Å²) in [6.45, 7) is 4.03. The number of hydrogen-bond donors (Lipinski definition) is 3. The predicted molar refractivity (Wildman–Crippen MR) is 74.4 cm³/mol. The van der Waals surface area contributed by atoms with Crippen molar-refractivity contribution in [2.24, 2.45) is 0 Å². The van der Waals surface area contributed by atoms with Crippen LogP contribution in [0.1, 0.15) is 22.8 Å². The van der Waals surface area contributed by atoms with Gasteiger partial charge >= 0.3 is 0 Å². The highest BCUT2D eigenvalue weighted by atomic mass is 16.3. The molecule has 0 aliphatic carbocycles. The second kappa shape index (κ2) is 6.04. The summed E-state index contributed by atoms with van der Waals surface area (Å²) in [5.74, 6) is -0.220. The molecule has 5 heteroatoms. The lowest BCUT2D eigenvalue weighted by Gasteiger charge is -2.27. The zero-order valence-corrected chi connectivity index (χ0v) is 11.9. The van der Waals surface area contributed by atoms with Crippen molar-refractivity contribution in [3.05, 3.63) is 29.3 Å². The van der Waals surface area contributed by atoms with Crippen molar-refractivity contribution >= 4 is 5.91 Å². The third kappa shape index (κ3) is 4.89. The Labute approximate surface area is 113 Å². The smallest absolute Gasteiger partial charge is 0.251 e. The molecule has 0 aliphatic rings. The summed E-state index contributed by atoms with van der Waals surface area (Å²) in [6, 6.07) is 4.75. The minimum absolute atomic E-state index is 0.0905. The average Bonchev–Trinajstić information content (AvgIpc) is 2.28. The number of likely N-dealkylation sites (N-methyl/N-ethyl adjacent to an activating group) is 1. The van der Waals surface area contributed by atoms with Crippen LogP contribution in [-0.4, -0.2) is 53.8 Å². The van der Waals surface area contributed by atoms with Crippen LogP contribution in [0.2, 0.25) is 0 Å². The van der Waals surface area contributed by atoms with E-state index in [1.54, 1.807) is 26.0 Å². The van der Waals surface area contributed by atoms with Crippen LogP contribution in [-0.2, 0) is 0 Å². The number of benzene rings is 1. The topological polar surface area (TPSA) is 72.8 Å². The lowest BCUT2D eigenvalue weighted by molar-refractivity contribution is 0.0326. The number of amides is 1. The number of nitrogens with zero attached hydrogens (tertiary/aromatic N) is 1. The van der Waals surface area contributed by atoms with E-state index in [0.717, 1.165) is 5.56 Å². The molecule has 5 nitrogen and oxygen atoms in total. The van der Waals surface area contributed by atoms with Crippen LogP contribution < -0.4 is 5.32 Å². The molecule has 19 heavy (non-hydrogen) atoms. The lowest BCUT2D eigenvalue weighted by atomic mass is 10.1. The van der Waals surface area contributed by atoms with Crippen molar-refractivity contribution in [1.82, 2.24) is 10.2 Å². The molecule has 106 valence electrons. The summed E-state index contributed by atoms with van der Waals surface area (Å²) < 4.78 is 0. The van der Waals surface area contributed by atoms with Gasteiger partial charge in [0.05, 0.1) is 5.60 Å².